The van der Waals surface area contributed by atoms with E-state index in [4.69, 9.17) is 21.8 Å². The minimum Gasteiger partial charge on any atom is -0.394 e. The van der Waals surface area contributed by atoms with Gasteiger partial charge in [0.1, 0.15) is 0 Å². The lowest BCUT2D eigenvalue weighted by molar-refractivity contribution is 0.0886. The van der Waals surface area contributed by atoms with Crippen LogP contribution in [0.15, 0.2) is 24.3 Å². The predicted octanol–water partition coefficient (Wildman–Crippen LogP) is 1.63. The molecule has 2 nitrogen and oxygen atoms in total. The van der Waals surface area contributed by atoms with Crippen molar-refractivity contribution >= 4 is 11.6 Å². The van der Waals surface area contributed by atoms with Crippen molar-refractivity contribution in [2.45, 2.75) is 18.9 Å². The van der Waals surface area contributed by atoms with Crippen LogP contribution in [0.1, 0.15) is 12.0 Å². The van der Waals surface area contributed by atoms with E-state index in [1.165, 1.54) is 0 Å². The van der Waals surface area contributed by atoms with Gasteiger partial charge in [0.2, 0.25) is 0 Å². The van der Waals surface area contributed by atoms with Gasteiger partial charge in [-0.05, 0) is 30.5 Å². The fourth-order valence-corrected chi connectivity index (χ4v) is 1.20. The average Bonchev–Trinajstić information content (AvgIpc) is 2.16. The third-order valence-corrected chi connectivity index (χ3v) is 2.14. The van der Waals surface area contributed by atoms with Gasteiger partial charge >= 0.3 is 0 Å². The monoisotopic (exact) mass is 200 g/mol. The molecule has 0 amide bonds. The van der Waals surface area contributed by atoms with E-state index in [1.54, 1.807) is 0 Å². The summed E-state index contributed by atoms with van der Waals surface area (Å²) in [4.78, 5) is 0. The second-order valence-corrected chi connectivity index (χ2v) is 3.44. The summed E-state index contributed by atoms with van der Waals surface area (Å²) < 4.78 is 0. The molecule has 0 radical (unpaired) electrons. The molecule has 0 aliphatic rings. The summed E-state index contributed by atoms with van der Waals surface area (Å²) in [6.07, 6.45) is 0.729. The highest BCUT2D eigenvalue weighted by molar-refractivity contribution is 6.30. The third kappa shape index (κ3) is 3.77. The van der Waals surface area contributed by atoms with Gasteiger partial charge in [0.25, 0.3) is 0 Å². The summed E-state index contributed by atoms with van der Waals surface area (Å²) in [6.45, 7) is -0.173. The highest BCUT2D eigenvalue weighted by Gasteiger charge is 2.01. The van der Waals surface area contributed by atoms with E-state index in [2.05, 4.69) is 0 Å². The molecule has 1 atom stereocenters. The number of aryl methyl sites for hydroxylation is 1. The zero-order valence-corrected chi connectivity index (χ0v) is 8.04. The number of halogens is 1. The lowest BCUT2D eigenvalue weighted by Gasteiger charge is -2.06. The number of aliphatic hydroxyl groups is 2. The van der Waals surface area contributed by atoms with Crippen molar-refractivity contribution in [3.63, 3.8) is 0 Å². The molecule has 1 rings (SSSR count). The molecular weight excluding hydrogens is 188 g/mol. The Balaban J connectivity index is 2.41. The fraction of sp³-hybridized carbons (Fsp3) is 0.400. The van der Waals surface area contributed by atoms with Crippen molar-refractivity contribution < 1.29 is 10.2 Å². The van der Waals surface area contributed by atoms with Gasteiger partial charge in [-0.3, -0.25) is 0 Å². The Hall–Kier alpha value is -0.570. The van der Waals surface area contributed by atoms with E-state index >= 15 is 0 Å². The van der Waals surface area contributed by atoms with Crippen LogP contribution >= 0.6 is 11.6 Å². The van der Waals surface area contributed by atoms with Crippen LogP contribution in [0, 0.1) is 0 Å². The van der Waals surface area contributed by atoms with Crippen LogP contribution in [0.2, 0.25) is 5.02 Å². The lowest BCUT2D eigenvalue weighted by atomic mass is 10.1. The number of benzene rings is 1. The van der Waals surface area contributed by atoms with Crippen molar-refractivity contribution in [2.24, 2.45) is 0 Å². The first-order valence-corrected chi connectivity index (χ1v) is 4.63. The SMILES string of the molecule is OC[C@@H](O)CCc1ccc(Cl)cc1. The molecule has 1 aromatic carbocycles. The van der Waals surface area contributed by atoms with Crippen molar-refractivity contribution in [1.82, 2.24) is 0 Å². The van der Waals surface area contributed by atoms with Gasteiger partial charge < -0.3 is 10.2 Å². The van der Waals surface area contributed by atoms with Crippen molar-refractivity contribution in [3.8, 4) is 0 Å². The molecule has 0 aromatic heterocycles. The first-order chi connectivity index (χ1) is 6.22. The van der Waals surface area contributed by atoms with Crippen LogP contribution in [0.3, 0.4) is 0 Å². The number of hydrogen-bond acceptors (Lipinski definition) is 2. The Kier molecular flexibility index (Phi) is 4.22. The topological polar surface area (TPSA) is 40.5 Å². The molecule has 0 fully saturated rings. The second-order valence-electron chi connectivity index (χ2n) is 3.00. The normalized spacial score (nSPS) is 12.8. The summed E-state index contributed by atoms with van der Waals surface area (Å²) in [6, 6.07) is 7.49. The molecule has 3 heteroatoms. The van der Waals surface area contributed by atoms with Gasteiger partial charge in [-0.15, -0.1) is 0 Å². The van der Waals surface area contributed by atoms with Gasteiger partial charge in [-0.2, -0.15) is 0 Å². The van der Waals surface area contributed by atoms with E-state index in [-0.39, 0.29) is 6.61 Å². The molecule has 0 saturated heterocycles. The van der Waals surface area contributed by atoms with Crippen molar-refractivity contribution in [3.05, 3.63) is 34.9 Å². The van der Waals surface area contributed by atoms with Crippen LogP contribution in [0.4, 0.5) is 0 Å². The summed E-state index contributed by atoms with van der Waals surface area (Å²) in [5.74, 6) is 0. The van der Waals surface area contributed by atoms with E-state index in [0.29, 0.717) is 11.4 Å². The van der Waals surface area contributed by atoms with Crippen LogP contribution < -0.4 is 0 Å². The summed E-state index contributed by atoms with van der Waals surface area (Å²) in [7, 11) is 0. The van der Waals surface area contributed by atoms with Crippen LogP contribution in [-0.2, 0) is 6.42 Å². The van der Waals surface area contributed by atoms with Crippen LogP contribution in [0.5, 0.6) is 0 Å². The Bertz CT molecular complexity index is 246. The maximum atomic E-state index is 9.10. The molecule has 0 saturated carbocycles. The Morgan fingerprint density at radius 3 is 2.38 bits per heavy atom. The molecule has 0 aliphatic heterocycles. The quantitative estimate of drug-likeness (QED) is 0.776. The number of rotatable bonds is 4. The molecular formula is C10H13ClO2. The maximum Gasteiger partial charge on any atom is 0.0774 e. The first-order valence-electron chi connectivity index (χ1n) is 4.25. The third-order valence-electron chi connectivity index (χ3n) is 1.89. The molecule has 0 unspecified atom stereocenters. The molecule has 0 heterocycles. The van der Waals surface area contributed by atoms with Crippen molar-refractivity contribution in [1.29, 1.82) is 0 Å². The van der Waals surface area contributed by atoms with E-state index in [1.807, 2.05) is 24.3 Å². The van der Waals surface area contributed by atoms with Gasteiger partial charge in [0.15, 0.2) is 0 Å². The van der Waals surface area contributed by atoms with Gasteiger partial charge in [0.05, 0.1) is 12.7 Å². The molecule has 0 spiro atoms. The van der Waals surface area contributed by atoms with E-state index in [0.717, 1.165) is 12.0 Å². The molecule has 72 valence electrons. The van der Waals surface area contributed by atoms with E-state index in [9.17, 15) is 0 Å². The van der Waals surface area contributed by atoms with Gasteiger partial charge in [-0.1, -0.05) is 23.7 Å². The summed E-state index contributed by atoms with van der Waals surface area (Å²) in [5, 5.41) is 18.4. The smallest absolute Gasteiger partial charge is 0.0774 e. The highest BCUT2D eigenvalue weighted by atomic mass is 35.5. The standard InChI is InChI=1S/C10H13ClO2/c11-9-4-1-8(2-5-9)3-6-10(13)7-12/h1-2,4-5,10,12-13H,3,6-7H2/t10-/m0/s1. The van der Waals surface area contributed by atoms with Crippen LogP contribution in [0.25, 0.3) is 0 Å². The molecule has 0 aliphatic carbocycles. The average molecular weight is 201 g/mol. The Morgan fingerprint density at radius 1 is 1.23 bits per heavy atom. The minimum atomic E-state index is -0.615. The zero-order chi connectivity index (χ0) is 9.68. The molecule has 0 bridgehead atoms. The molecule has 1 aromatic rings. The fourth-order valence-electron chi connectivity index (χ4n) is 1.08. The Morgan fingerprint density at radius 2 is 1.85 bits per heavy atom. The summed E-state index contributed by atoms with van der Waals surface area (Å²) >= 11 is 5.71. The Labute approximate surface area is 82.8 Å². The zero-order valence-electron chi connectivity index (χ0n) is 7.28. The number of aliphatic hydroxyl groups excluding tert-OH is 2. The second kappa shape index (κ2) is 5.22. The molecule has 2 N–H and O–H groups in total. The van der Waals surface area contributed by atoms with Gasteiger partial charge in [-0.25, -0.2) is 0 Å². The van der Waals surface area contributed by atoms with Crippen LogP contribution in [-0.4, -0.2) is 22.9 Å². The van der Waals surface area contributed by atoms with Gasteiger partial charge in [0, 0.05) is 5.02 Å². The predicted molar refractivity (Wildman–Crippen MR) is 52.9 cm³/mol. The maximum absolute atomic E-state index is 9.10. The highest BCUT2D eigenvalue weighted by Crippen LogP contribution is 2.11. The number of hydrogen-bond donors (Lipinski definition) is 2. The largest absolute Gasteiger partial charge is 0.394 e. The van der Waals surface area contributed by atoms with E-state index < -0.39 is 6.10 Å². The minimum absolute atomic E-state index is 0.173. The summed E-state index contributed by atoms with van der Waals surface area (Å²) in [5.41, 5.74) is 1.12. The van der Waals surface area contributed by atoms with Crippen molar-refractivity contribution in [2.75, 3.05) is 6.61 Å². The molecule has 13 heavy (non-hydrogen) atoms. The lowest BCUT2D eigenvalue weighted by Crippen LogP contribution is -2.12. The first kappa shape index (κ1) is 10.5.